The van der Waals surface area contributed by atoms with Gasteiger partial charge >= 0.3 is 0 Å². The van der Waals surface area contributed by atoms with E-state index in [1.165, 1.54) is 34.9 Å². The molecule has 0 amide bonds. The molecule has 1 aromatic carbocycles. The molecule has 0 unspecified atom stereocenters. The van der Waals surface area contributed by atoms with Gasteiger partial charge in [-0.2, -0.15) is 0 Å². The van der Waals surface area contributed by atoms with Crippen LogP contribution in [0, 0.1) is 12.8 Å². The number of hydrogen-bond donors (Lipinski definition) is 0. The van der Waals surface area contributed by atoms with Crippen LogP contribution >= 0.6 is 11.3 Å². The molecule has 0 aliphatic carbocycles. The van der Waals surface area contributed by atoms with E-state index in [0.29, 0.717) is 0 Å². The molecule has 0 N–H and O–H groups in total. The van der Waals surface area contributed by atoms with E-state index in [1.807, 2.05) is 0 Å². The van der Waals surface area contributed by atoms with Gasteiger partial charge in [0.2, 0.25) is 0 Å². The summed E-state index contributed by atoms with van der Waals surface area (Å²) in [6, 6.07) is 8.75. The van der Waals surface area contributed by atoms with E-state index in [9.17, 15) is 0 Å². The summed E-state index contributed by atoms with van der Waals surface area (Å²) in [5.41, 5.74) is 3.80. The van der Waals surface area contributed by atoms with Gasteiger partial charge in [-0.25, -0.2) is 9.97 Å². The number of piperidine rings is 1. The van der Waals surface area contributed by atoms with E-state index in [2.05, 4.69) is 58.4 Å². The minimum Gasteiger partial charge on any atom is -0.356 e. The Bertz CT molecular complexity index is 822. The maximum atomic E-state index is 4.66. The lowest BCUT2D eigenvalue weighted by molar-refractivity contribution is 0.445. The molecule has 0 saturated carbocycles. The third kappa shape index (κ3) is 2.72. The second kappa shape index (κ2) is 5.93. The van der Waals surface area contributed by atoms with Crippen molar-refractivity contribution in [1.82, 2.24) is 9.97 Å². The molecule has 1 saturated heterocycles. The second-order valence-corrected chi connectivity index (χ2v) is 7.44. The highest BCUT2D eigenvalue weighted by atomic mass is 32.1. The molecule has 3 nitrogen and oxygen atoms in total. The Kier molecular flexibility index (Phi) is 3.77. The van der Waals surface area contributed by atoms with Gasteiger partial charge in [0.1, 0.15) is 17.0 Å². The zero-order chi connectivity index (χ0) is 15.8. The molecule has 1 aliphatic rings. The van der Waals surface area contributed by atoms with E-state index in [-0.39, 0.29) is 0 Å². The normalized spacial score (nSPS) is 18.5. The number of fused-ring (bicyclic) bond motifs is 1. The van der Waals surface area contributed by atoms with Crippen molar-refractivity contribution < 1.29 is 0 Å². The van der Waals surface area contributed by atoms with Gasteiger partial charge in [0.15, 0.2) is 0 Å². The highest BCUT2D eigenvalue weighted by Gasteiger charge is 2.22. The molecule has 3 heterocycles. The first-order valence-electron chi connectivity index (χ1n) is 8.26. The van der Waals surface area contributed by atoms with Crippen LogP contribution in [0.3, 0.4) is 0 Å². The Hall–Kier alpha value is -1.94. The van der Waals surface area contributed by atoms with Crippen molar-refractivity contribution in [3.8, 4) is 11.1 Å². The van der Waals surface area contributed by atoms with Crippen LogP contribution in [0.4, 0.5) is 5.82 Å². The summed E-state index contributed by atoms with van der Waals surface area (Å²) in [6.07, 6.45) is 4.28. The monoisotopic (exact) mass is 323 g/mol. The molecule has 0 radical (unpaired) electrons. The summed E-state index contributed by atoms with van der Waals surface area (Å²) in [4.78, 5) is 12.7. The van der Waals surface area contributed by atoms with Crippen molar-refractivity contribution in [2.45, 2.75) is 26.7 Å². The Morgan fingerprint density at radius 3 is 2.78 bits per heavy atom. The minimum absolute atomic E-state index is 0.732. The molecule has 1 atom stereocenters. The van der Waals surface area contributed by atoms with Crippen LogP contribution in [0.25, 0.3) is 21.3 Å². The first kappa shape index (κ1) is 14.6. The number of nitrogens with zero attached hydrogens (tertiary/aromatic N) is 3. The fraction of sp³-hybridized carbons (Fsp3) is 0.368. The Morgan fingerprint density at radius 1 is 1.17 bits per heavy atom. The van der Waals surface area contributed by atoms with E-state index >= 15 is 0 Å². The van der Waals surface area contributed by atoms with Crippen LogP contribution in [-0.4, -0.2) is 23.1 Å². The van der Waals surface area contributed by atoms with Gasteiger partial charge in [-0.3, -0.25) is 0 Å². The molecule has 23 heavy (non-hydrogen) atoms. The number of aryl methyl sites for hydroxylation is 1. The summed E-state index contributed by atoms with van der Waals surface area (Å²) < 4.78 is 0. The molecule has 1 fully saturated rings. The highest BCUT2D eigenvalue weighted by Crippen LogP contribution is 2.38. The molecule has 118 valence electrons. The summed E-state index contributed by atoms with van der Waals surface area (Å²) in [7, 11) is 0. The minimum atomic E-state index is 0.732. The van der Waals surface area contributed by atoms with E-state index in [4.69, 9.17) is 0 Å². The lowest BCUT2D eigenvalue weighted by atomic mass is 9.99. The number of anilines is 1. The molecule has 2 aromatic heterocycles. The van der Waals surface area contributed by atoms with Crippen LogP contribution in [0.1, 0.15) is 25.3 Å². The maximum absolute atomic E-state index is 4.66. The Balaban J connectivity index is 1.85. The molecular formula is C19H21N3S. The van der Waals surface area contributed by atoms with E-state index in [0.717, 1.165) is 29.7 Å². The van der Waals surface area contributed by atoms with Crippen molar-refractivity contribution in [2.24, 2.45) is 5.92 Å². The van der Waals surface area contributed by atoms with Crippen molar-refractivity contribution in [2.75, 3.05) is 18.0 Å². The van der Waals surface area contributed by atoms with Crippen molar-refractivity contribution >= 4 is 27.4 Å². The van der Waals surface area contributed by atoms with Crippen molar-refractivity contribution in [3.63, 3.8) is 0 Å². The fourth-order valence-corrected chi connectivity index (χ4v) is 4.34. The Morgan fingerprint density at radius 2 is 2.00 bits per heavy atom. The van der Waals surface area contributed by atoms with Crippen LogP contribution in [0.15, 0.2) is 36.0 Å². The number of hydrogen-bond acceptors (Lipinski definition) is 4. The quantitative estimate of drug-likeness (QED) is 0.671. The largest absolute Gasteiger partial charge is 0.356 e. The summed E-state index contributed by atoms with van der Waals surface area (Å²) in [5, 5.41) is 3.44. The lowest BCUT2D eigenvalue weighted by Gasteiger charge is -2.32. The van der Waals surface area contributed by atoms with Crippen LogP contribution in [0.5, 0.6) is 0 Å². The third-order valence-electron chi connectivity index (χ3n) is 4.67. The number of rotatable bonds is 2. The van der Waals surface area contributed by atoms with E-state index < -0.39 is 0 Å². The smallest absolute Gasteiger partial charge is 0.141 e. The molecular weight excluding hydrogens is 302 g/mol. The molecule has 4 rings (SSSR count). The van der Waals surface area contributed by atoms with Gasteiger partial charge in [0.25, 0.3) is 0 Å². The molecule has 0 spiro atoms. The lowest BCUT2D eigenvalue weighted by Crippen LogP contribution is -2.34. The molecule has 4 heteroatoms. The summed E-state index contributed by atoms with van der Waals surface area (Å²) in [6.45, 7) is 6.65. The van der Waals surface area contributed by atoms with Gasteiger partial charge in [-0.05, 0) is 31.2 Å². The van der Waals surface area contributed by atoms with Gasteiger partial charge in [-0.15, -0.1) is 11.3 Å². The maximum Gasteiger partial charge on any atom is 0.141 e. The fourth-order valence-electron chi connectivity index (χ4n) is 3.43. The summed E-state index contributed by atoms with van der Waals surface area (Å²) >= 11 is 1.71. The van der Waals surface area contributed by atoms with E-state index in [1.54, 1.807) is 17.7 Å². The first-order chi connectivity index (χ1) is 11.2. The Labute approximate surface area is 141 Å². The second-order valence-electron chi connectivity index (χ2n) is 6.59. The van der Waals surface area contributed by atoms with Gasteiger partial charge in [0.05, 0.1) is 5.39 Å². The van der Waals surface area contributed by atoms with Gasteiger partial charge in [0, 0.05) is 24.0 Å². The zero-order valence-corrected chi connectivity index (χ0v) is 14.4. The van der Waals surface area contributed by atoms with Crippen LogP contribution < -0.4 is 4.90 Å². The van der Waals surface area contributed by atoms with Gasteiger partial charge in [-0.1, -0.05) is 36.8 Å². The third-order valence-corrected chi connectivity index (χ3v) is 5.56. The molecule has 1 aliphatic heterocycles. The van der Waals surface area contributed by atoms with Crippen molar-refractivity contribution in [1.29, 1.82) is 0 Å². The molecule has 0 bridgehead atoms. The van der Waals surface area contributed by atoms with Crippen molar-refractivity contribution in [3.05, 3.63) is 41.5 Å². The SMILES string of the molecule is Cc1ccc(-c2csc3ncnc(N4CCC[C@@H](C)C4)c23)cc1. The van der Waals surface area contributed by atoms with Gasteiger partial charge < -0.3 is 4.90 Å². The summed E-state index contributed by atoms with van der Waals surface area (Å²) in [5.74, 6) is 1.84. The number of aromatic nitrogens is 2. The number of benzene rings is 1. The first-order valence-corrected chi connectivity index (χ1v) is 9.14. The molecule has 3 aromatic rings. The zero-order valence-electron chi connectivity index (χ0n) is 13.6. The van der Waals surface area contributed by atoms with Crippen LogP contribution in [-0.2, 0) is 0 Å². The highest BCUT2D eigenvalue weighted by molar-refractivity contribution is 7.17. The van der Waals surface area contributed by atoms with Crippen LogP contribution in [0.2, 0.25) is 0 Å². The number of thiophene rings is 1. The predicted molar refractivity (Wildman–Crippen MR) is 98.2 cm³/mol. The standard InChI is InChI=1S/C19H21N3S/c1-13-5-7-15(8-6-13)16-11-23-19-17(16)18(20-12-21-19)22-9-3-4-14(2)10-22/h5-8,11-12,14H,3-4,9-10H2,1-2H3/t14-/m1/s1. The predicted octanol–water partition coefficient (Wildman–Crippen LogP) is 4.90. The average Bonchev–Trinajstić information content (AvgIpc) is 3.00. The topological polar surface area (TPSA) is 29.0 Å². The average molecular weight is 323 g/mol.